The quantitative estimate of drug-likeness (QED) is 0.439. The summed E-state index contributed by atoms with van der Waals surface area (Å²) in [5.74, 6) is 0. The highest BCUT2D eigenvalue weighted by atomic mass is 19.4. The van der Waals surface area contributed by atoms with Gasteiger partial charge in [-0.1, -0.05) is 11.2 Å². The predicted octanol–water partition coefficient (Wildman–Crippen LogP) is 4.64. The summed E-state index contributed by atoms with van der Waals surface area (Å²) in [6.45, 7) is 1.52. The highest BCUT2D eigenvalue weighted by Gasteiger charge is 2.33. The standard InChI is InChI=1S/C12H13F3N4/c13-12(14,15)10-8-9(4-5-11(10)17-18-16)19-6-2-1-3-7-19/h4-5,8H,1-3,6-7H2. The lowest BCUT2D eigenvalue weighted by Crippen LogP contribution is -2.29. The molecule has 0 unspecified atom stereocenters. The molecular formula is C12H13F3N4. The van der Waals surface area contributed by atoms with Crippen molar-refractivity contribution >= 4 is 11.4 Å². The van der Waals surface area contributed by atoms with Gasteiger partial charge >= 0.3 is 6.18 Å². The minimum atomic E-state index is -4.52. The van der Waals surface area contributed by atoms with Crippen LogP contribution >= 0.6 is 0 Å². The summed E-state index contributed by atoms with van der Waals surface area (Å²) in [6.07, 6.45) is -1.44. The van der Waals surface area contributed by atoms with Crippen molar-refractivity contribution in [2.45, 2.75) is 25.4 Å². The zero-order valence-corrected chi connectivity index (χ0v) is 10.2. The van der Waals surface area contributed by atoms with Crippen molar-refractivity contribution in [2.75, 3.05) is 18.0 Å². The molecule has 1 saturated heterocycles. The Hall–Kier alpha value is -1.88. The summed E-state index contributed by atoms with van der Waals surface area (Å²) in [4.78, 5) is 4.36. The molecule has 7 heteroatoms. The van der Waals surface area contributed by atoms with Crippen molar-refractivity contribution in [2.24, 2.45) is 5.11 Å². The van der Waals surface area contributed by atoms with Crippen LogP contribution in [0.5, 0.6) is 0 Å². The molecule has 1 fully saturated rings. The van der Waals surface area contributed by atoms with Crippen LogP contribution in [-0.2, 0) is 6.18 Å². The number of anilines is 1. The molecule has 4 nitrogen and oxygen atoms in total. The molecule has 0 aliphatic carbocycles. The van der Waals surface area contributed by atoms with E-state index in [4.69, 9.17) is 5.53 Å². The number of halogens is 3. The van der Waals surface area contributed by atoms with Crippen molar-refractivity contribution in [1.82, 2.24) is 0 Å². The average molecular weight is 270 g/mol. The second-order valence-corrected chi connectivity index (χ2v) is 4.44. The molecule has 1 heterocycles. The van der Waals surface area contributed by atoms with Crippen molar-refractivity contribution < 1.29 is 13.2 Å². The summed E-state index contributed by atoms with van der Waals surface area (Å²) in [7, 11) is 0. The summed E-state index contributed by atoms with van der Waals surface area (Å²) in [5, 5.41) is 3.10. The molecular weight excluding hydrogens is 257 g/mol. The van der Waals surface area contributed by atoms with Crippen molar-refractivity contribution in [1.29, 1.82) is 0 Å². The van der Waals surface area contributed by atoms with E-state index in [-0.39, 0.29) is 5.69 Å². The normalized spacial score (nSPS) is 16.1. The molecule has 0 atom stereocenters. The maximum absolute atomic E-state index is 12.9. The highest BCUT2D eigenvalue weighted by molar-refractivity contribution is 5.59. The molecule has 0 amide bonds. The van der Waals surface area contributed by atoms with Crippen LogP contribution in [0.1, 0.15) is 24.8 Å². The van der Waals surface area contributed by atoms with Gasteiger partial charge in [0.2, 0.25) is 0 Å². The summed E-state index contributed by atoms with van der Waals surface area (Å²) < 4.78 is 38.8. The molecule has 0 spiro atoms. The van der Waals surface area contributed by atoms with Gasteiger partial charge in [0, 0.05) is 29.4 Å². The van der Waals surface area contributed by atoms with Crippen LogP contribution in [0.2, 0.25) is 0 Å². The smallest absolute Gasteiger partial charge is 0.372 e. The Balaban J connectivity index is 2.40. The zero-order valence-electron chi connectivity index (χ0n) is 10.2. The minimum Gasteiger partial charge on any atom is -0.372 e. The molecule has 102 valence electrons. The van der Waals surface area contributed by atoms with Gasteiger partial charge in [-0.05, 0) is 36.9 Å². The average Bonchev–Trinajstić information content (AvgIpc) is 2.39. The summed E-state index contributed by atoms with van der Waals surface area (Å²) in [5.41, 5.74) is 7.58. The number of hydrogen-bond donors (Lipinski definition) is 0. The van der Waals surface area contributed by atoms with Crippen LogP contribution in [0, 0.1) is 0 Å². The Morgan fingerprint density at radius 3 is 2.42 bits per heavy atom. The number of piperidine rings is 1. The number of hydrogen-bond acceptors (Lipinski definition) is 2. The Morgan fingerprint density at radius 2 is 1.84 bits per heavy atom. The van der Waals surface area contributed by atoms with Gasteiger partial charge in [-0.3, -0.25) is 0 Å². The number of nitrogens with zero attached hydrogens (tertiary/aromatic N) is 4. The third kappa shape index (κ3) is 3.12. The molecule has 1 aliphatic rings. The molecule has 19 heavy (non-hydrogen) atoms. The topological polar surface area (TPSA) is 52.0 Å². The predicted molar refractivity (Wildman–Crippen MR) is 66.3 cm³/mol. The van der Waals surface area contributed by atoms with Crippen LogP contribution in [0.15, 0.2) is 23.3 Å². The van der Waals surface area contributed by atoms with E-state index in [1.165, 1.54) is 6.07 Å². The van der Waals surface area contributed by atoms with Gasteiger partial charge < -0.3 is 4.90 Å². The lowest BCUT2D eigenvalue weighted by Gasteiger charge is -2.29. The first kappa shape index (κ1) is 13.5. The summed E-state index contributed by atoms with van der Waals surface area (Å²) in [6, 6.07) is 3.87. The van der Waals surface area contributed by atoms with Crippen molar-refractivity contribution in [3.8, 4) is 0 Å². The molecule has 0 N–H and O–H groups in total. The molecule has 0 radical (unpaired) electrons. The van der Waals surface area contributed by atoms with Gasteiger partial charge in [0.05, 0.1) is 5.56 Å². The van der Waals surface area contributed by atoms with E-state index in [2.05, 4.69) is 10.0 Å². The molecule has 1 aromatic rings. The number of azide groups is 1. The van der Waals surface area contributed by atoms with Crippen LogP contribution < -0.4 is 4.90 Å². The Labute approximate surface area is 108 Å². The third-order valence-corrected chi connectivity index (χ3v) is 3.16. The molecule has 1 aromatic carbocycles. The first-order valence-corrected chi connectivity index (χ1v) is 6.03. The Morgan fingerprint density at radius 1 is 1.16 bits per heavy atom. The molecule has 0 aromatic heterocycles. The van der Waals surface area contributed by atoms with E-state index in [0.717, 1.165) is 38.4 Å². The molecule has 0 bridgehead atoms. The number of alkyl halides is 3. The largest absolute Gasteiger partial charge is 0.416 e. The van der Waals surface area contributed by atoms with Gasteiger partial charge in [-0.25, -0.2) is 0 Å². The lowest BCUT2D eigenvalue weighted by atomic mass is 10.1. The molecule has 0 saturated carbocycles. The fraction of sp³-hybridized carbons (Fsp3) is 0.500. The van der Waals surface area contributed by atoms with Crippen LogP contribution in [0.3, 0.4) is 0 Å². The molecule has 1 aliphatic heterocycles. The van der Waals surface area contributed by atoms with E-state index < -0.39 is 11.7 Å². The monoisotopic (exact) mass is 270 g/mol. The minimum absolute atomic E-state index is 0.379. The van der Waals surface area contributed by atoms with E-state index in [0.29, 0.717) is 5.69 Å². The Bertz CT molecular complexity index is 500. The van der Waals surface area contributed by atoms with Crippen LogP contribution in [-0.4, -0.2) is 13.1 Å². The van der Waals surface area contributed by atoms with E-state index in [1.807, 2.05) is 4.90 Å². The second-order valence-electron chi connectivity index (χ2n) is 4.44. The van der Waals surface area contributed by atoms with Crippen molar-refractivity contribution in [3.05, 3.63) is 34.2 Å². The van der Waals surface area contributed by atoms with Crippen LogP contribution in [0.4, 0.5) is 24.5 Å². The fourth-order valence-electron chi connectivity index (χ4n) is 2.24. The van der Waals surface area contributed by atoms with E-state index in [1.54, 1.807) is 6.07 Å². The maximum atomic E-state index is 12.9. The maximum Gasteiger partial charge on any atom is 0.416 e. The van der Waals surface area contributed by atoms with Crippen molar-refractivity contribution in [3.63, 3.8) is 0 Å². The number of rotatable bonds is 2. The van der Waals surface area contributed by atoms with E-state index >= 15 is 0 Å². The van der Waals surface area contributed by atoms with E-state index in [9.17, 15) is 13.2 Å². The first-order chi connectivity index (χ1) is 9.02. The highest BCUT2D eigenvalue weighted by Crippen LogP contribution is 2.39. The lowest BCUT2D eigenvalue weighted by molar-refractivity contribution is -0.137. The molecule has 2 rings (SSSR count). The first-order valence-electron chi connectivity index (χ1n) is 6.03. The third-order valence-electron chi connectivity index (χ3n) is 3.16. The SMILES string of the molecule is [N-]=[N+]=Nc1ccc(N2CCCCC2)cc1C(F)(F)F. The van der Waals surface area contributed by atoms with Gasteiger partial charge in [0.25, 0.3) is 0 Å². The zero-order chi connectivity index (χ0) is 13.9. The number of benzene rings is 1. The van der Waals surface area contributed by atoms with Gasteiger partial charge in [0.1, 0.15) is 0 Å². The van der Waals surface area contributed by atoms with Gasteiger partial charge in [0.15, 0.2) is 0 Å². The van der Waals surface area contributed by atoms with Crippen LogP contribution in [0.25, 0.3) is 10.4 Å². The fourth-order valence-corrected chi connectivity index (χ4v) is 2.24. The second kappa shape index (κ2) is 5.40. The van der Waals surface area contributed by atoms with Gasteiger partial charge in [-0.2, -0.15) is 13.2 Å². The van der Waals surface area contributed by atoms with Gasteiger partial charge in [-0.15, -0.1) is 0 Å². The Kier molecular flexibility index (Phi) is 3.85. The summed E-state index contributed by atoms with van der Waals surface area (Å²) >= 11 is 0.